The van der Waals surface area contributed by atoms with Gasteiger partial charge in [-0.2, -0.15) is 5.10 Å². The van der Waals surface area contributed by atoms with Crippen molar-refractivity contribution in [3.8, 4) is 5.69 Å². The van der Waals surface area contributed by atoms with Crippen LogP contribution in [0.1, 0.15) is 20.2 Å². The Morgan fingerprint density at radius 3 is 2.29 bits per heavy atom. The fraction of sp³-hybridized carbons (Fsp3) is 0. The number of anilines is 2. The summed E-state index contributed by atoms with van der Waals surface area (Å²) < 4.78 is 1.65. The molecule has 2 N–H and O–H groups in total. The summed E-state index contributed by atoms with van der Waals surface area (Å²) in [5.74, 6) is -0.503. The van der Waals surface area contributed by atoms with Gasteiger partial charge in [0.2, 0.25) is 0 Å². The molecule has 0 unspecified atom stereocenters. The van der Waals surface area contributed by atoms with E-state index in [0.717, 1.165) is 5.69 Å². The van der Waals surface area contributed by atoms with E-state index in [1.165, 1.54) is 11.3 Å². The molecule has 0 radical (unpaired) electrons. The van der Waals surface area contributed by atoms with Crippen molar-refractivity contribution < 1.29 is 9.59 Å². The number of carbonyl (C=O) groups excluding carboxylic acids is 2. The number of hydrogen-bond donors (Lipinski definition) is 2. The van der Waals surface area contributed by atoms with Gasteiger partial charge in [-0.15, -0.1) is 11.3 Å². The van der Waals surface area contributed by atoms with E-state index in [0.29, 0.717) is 21.9 Å². The van der Waals surface area contributed by atoms with Crippen molar-refractivity contribution in [2.24, 2.45) is 0 Å². The van der Waals surface area contributed by atoms with E-state index >= 15 is 0 Å². The SMILES string of the molecule is O=C(Nc1cccc(NC(=O)c2cccs2)c1)c1ccn(-c2ccccc2)n1. The molecule has 0 bridgehead atoms. The number of amides is 2. The molecule has 6 nitrogen and oxygen atoms in total. The summed E-state index contributed by atoms with van der Waals surface area (Å²) in [7, 11) is 0. The van der Waals surface area contributed by atoms with Gasteiger partial charge in [-0.25, -0.2) is 4.68 Å². The molecule has 2 amide bonds. The van der Waals surface area contributed by atoms with E-state index < -0.39 is 0 Å². The van der Waals surface area contributed by atoms with Gasteiger partial charge >= 0.3 is 0 Å². The van der Waals surface area contributed by atoms with Gasteiger partial charge in [0.15, 0.2) is 5.69 Å². The van der Waals surface area contributed by atoms with Crippen molar-refractivity contribution in [3.63, 3.8) is 0 Å². The molecule has 2 aromatic carbocycles. The van der Waals surface area contributed by atoms with Gasteiger partial charge in [0, 0.05) is 17.6 Å². The molecule has 2 heterocycles. The number of para-hydroxylation sites is 1. The van der Waals surface area contributed by atoms with Gasteiger partial charge in [0.25, 0.3) is 11.8 Å². The van der Waals surface area contributed by atoms with E-state index in [9.17, 15) is 9.59 Å². The van der Waals surface area contributed by atoms with Crippen LogP contribution in [0.5, 0.6) is 0 Å². The summed E-state index contributed by atoms with van der Waals surface area (Å²) in [6.07, 6.45) is 1.74. The number of nitrogens with zero attached hydrogens (tertiary/aromatic N) is 2. The van der Waals surface area contributed by atoms with Crippen LogP contribution < -0.4 is 10.6 Å². The summed E-state index contributed by atoms with van der Waals surface area (Å²) in [5, 5.41) is 11.8. The van der Waals surface area contributed by atoms with E-state index in [4.69, 9.17) is 0 Å². The molecule has 0 saturated carbocycles. The molecular weight excluding hydrogens is 372 g/mol. The quantitative estimate of drug-likeness (QED) is 0.531. The number of hydrogen-bond acceptors (Lipinski definition) is 4. The third kappa shape index (κ3) is 3.99. The second-order valence-electron chi connectivity index (χ2n) is 5.95. The molecule has 0 spiro atoms. The largest absolute Gasteiger partial charge is 0.321 e. The lowest BCUT2D eigenvalue weighted by molar-refractivity contribution is 0.101. The molecule has 7 heteroatoms. The minimum atomic E-state index is -0.323. The van der Waals surface area contributed by atoms with Gasteiger partial charge in [0.1, 0.15) is 0 Å². The van der Waals surface area contributed by atoms with Crippen LogP contribution in [0.15, 0.2) is 84.4 Å². The fourth-order valence-electron chi connectivity index (χ4n) is 2.64. The Hall–Kier alpha value is -3.71. The molecule has 0 aliphatic carbocycles. The summed E-state index contributed by atoms with van der Waals surface area (Å²) in [5.41, 5.74) is 2.35. The molecule has 4 rings (SSSR count). The monoisotopic (exact) mass is 388 g/mol. The molecule has 0 aliphatic rings. The lowest BCUT2D eigenvalue weighted by Crippen LogP contribution is -2.14. The lowest BCUT2D eigenvalue weighted by Gasteiger charge is -2.07. The van der Waals surface area contributed by atoms with Crippen molar-refractivity contribution >= 4 is 34.5 Å². The highest BCUT2D eigenvalue weighted by Crippen LogP contribution is 2.18. The topological polar surface area (TPSA) is 76.0 Å². The maximum absolute atomic E-state index is 12.5. The first-order valence-electron chi connectivity index (χ1n) is 8.56. The van der Waals surface area contributed by atoms with Crippen molar-refractivity contribution in [2.45, 2.75) is 0 Å². The van der Waals surface area contributed by atoms with Crippen LogP contribution in [0, 0.1) is 0 Å². The normalized spacial score (nSPS) is 10.4. The Labute approximate surface area is 165 Å². The summed E-state index contributed by atoms with van der Waals surface area (Å²) in [4.78, 5) is 25.3. The first kappa shape index (κ1) is 17.7. The highest BCUT2D eigenvalue weighted by molar-refractivity contribution is 7.12. The van der Waals surface area contributed by atoms with Gasteiger partial charge < -0.3 is 10.6 Å². The van der Waals surface area contributed by atoms with Crippen LogP contribution in [-0.4, -0.2) is 21.6 Å². The number of nitrogens with one attached hydrogen (secondary N) is 2. The van der Waals surface area contributed by atoms with E-state index in [1.54, 1.807) is 47.3 Å². The Kier molecular flexibility index (Phi) is 4.99. The number of rotatable bonds is 5. The average Bonchev–Trinajstić information content (AvgIpc) is 3.41. The minimum absolute atomic E-state index is 0.180. The Bertz CT molecular complexity index is 1100. The van der Waals surface area contributed by atoms with Gasteiger partial charge in [-0.3, -0.25) is 9.59 Å². The maximum Gasteiger partial charge on any atom is 0.276 e. The molecule has 2 aromatic heterocycles. The molecular formula is C21H16N4O2S. The van der Waals surface area contributed by atoms with Gasteiger partial charge in [-0.1, -0.05) is 30.3 Å². The third-order valence-electron chi connectivity index (χ3n) is 3.97. The molecule has 0 saturated heterocycles. The van der Waals surface area contributed by atoms with Crippen molar-refractivity contribution in [3.05, 3.63) is 94.9 Å². The van der Waals surface area contributed by atoms with Gasteiger partial charge in [-0.05, 0) is 47.8 Å². The summed E-state index contributed by atoms with van der Waals surface area (Å²) in [6, 6.07) is 21.8. The maximum atomic E-state index is 12.5. The average molecular weight is 388 g/mol. The number of carbonyl (C=O) groups is 2. The van der Waals surface area contributed by atoms with E-state index in [2.05, 4.69) is 15.7 Å². The first-order chi connectivity index (χ1) is 13.7. The standard InChI is InChI=1S/C21H16N4O2S/c26-20(18-11-12-25(24-18)17-8-2-1-3-9-17)22-15-6-4-7-16(14-15)23-21(27)19-10-5-13-28-19/h1-14H,(H,22,26)(H,23,27). The van der Waals surface area contributed by atoms with Crippen molar-refractivity contribution in [2.75, 3.05) is 10.6 Å². The summed E-state index contributed by atoms with van der Waals surface area (Å²) in [6.45, 7) is 0. The molecule has 0 aliphatic heterocycles. The number of thiophene rings is 1. The van der Waals surface area contributed by atoms with E-state index in [1.807, 2.05) is 41.8 Å². The lowest BCUT2D eigenvalue weighted by atomic mass is 10.2. The smallest absolute Gasteiger partial charge is 0.276 e. The number of aromatic nitrogens is 2. The molecule has 28 heavy (non-hydrogen) atoms. The zero-order valence-electron chi connectivity index (χ0n) is 14.7. The highest BCUT2D eigenvalue weighted by Gasteiger charge is 2.12. The Balaban J connectivity index is 1.45. The predicted octanol–water partition coefficient (Wildman–Crippen LogP) is 4.44. The fourth-order valence-corrected chi connectivity index (χ4v) is 3.26. The molecule has 138 valence electrons. The van der Waals surface area contributed by atoms with Crippen LogP contribution in [-0.2, 0) is 0 Å². The first-order valence-corrected chi connectivity index (χ1v) is 9.44. The zero-order valence-corrected chi connectivity index (χ0v) is 15.5. The van der Waals surface area contributed by atoms with Crippen LogP contribution in [0.3, 0.4) is 0 Å². The summed E-state index contributed by atoms with van der Waals surface area (Å²) >= 11 is 1.37. The van der Waals surface area contributed by atoms with E-state index in [-0.39, 0.29) is 11.8 Å². The third-order valence-corrected chi connectivity index (χ3v) is 4.83. The van der Waals surface area contributed by atoms with Crippen molar-refractivity contribution in [1.82, 2.24) is 9.78 Å². The number of benzene rings is 2. The van der Waals surface area contributed by atoms with Crippen molar-refractivity contribution in [1.29, 1.82) is 0 Å². The molecule has 0 fully saturated rings. The molecule has 0 atom stereocenters. The Morgan fingerprint density at radius 2 is 1.57 bits per heavy atom. The zero-order chi connectivity index (χ0) is 19.3. The van der Waals surface area contributed by atoms with Crippen LogP contribution in [0.2, 0.25) is 0 Å². The minimum Gasteiger partial charge on any atom is -0.321 e. The van der Waals surface area contributed by atoms with Gasteiger partial charge in [0.05, 0.1) is 10.6 Å². The second kappa shape index (κ2) is 7.89. The second-order valence-corrected chi connectivity index (χ2v) is 6.90. The highest BCUT2D eigenvalue weighted by atomic mass is 32.1. The Morgan fingerprint density at radius 1 is 0.821 bits per heavy atom. The molecule has 4 aromatic rings. The predicted molar refractivity (Wildman–Crippen MR) is 110 cm³/mol. The van der Waals surface area contributed by atoms with Crippen LogP contribution >= 0.6 is 11.3 Å². The van der Waals surface area contributed by atoms with Crippen LogP contribution in [0.4, 0.5) is 11.4 Å². The van der Waals surface area contributed by atoms with Crippen LogP contribution in [0.25, 0.3) is 5.69 Å².